The summed E-state index contributed by atoms with van der Waals surface area (Å²) in [6, 6.07) is 0. The van der Waals surface area contributed by atoms with Gasteiger partial charge in [-0.15, -0.1) is 0 Å². The van der Waals surface area contributed by atoms with Crippen LogP contribution in [0.4, 0.5) is 0 Å². The first-order chi connectivity index (χ1) is 5.25. The summed E-state index contributed by atoms with van der Waals surface area (Å²) in [6.45, 7) is 1.70. The lowest BCUT2D eigenvalue weighted by Crippen LogP contribution is -2.24. The minimum absolute atomic E-state index is 0.106. The SMILES string of the molecule is COC(C)C(=O)n1ccnc1. The molecule has 0 spiro atoms. The maximum Gasteiger partial charge on any atom is 0.260 e. The standard InChI is InChI=1S/C7H10N2O2/c1-6(11-2)7(10)9-4-3-8-5-9/h3-6H,1-2H3. The van der Waals surface area contributed by atoms with Gasteiger partial charge in [0.2, 0.25) is 0 Å². The summed E-state index contributed by atoms with van der Waals surface area (Å²) in [6.07, 6.45) is 4.19. The van der Waals surface area contributed by atoms with Gasteiger partial charge in [0.1, 0.15) is 12.4 Å². The summed E-state index contributed by atoms with van der Waals surface area (Å²) < 4.78 is 6.23. The van der Waals surface area contributed by atoms with Gasteiger partial charge in [-0.25, -0.2) is 4.98 Å². The second kappa shape index (κ2) is 3.30. The molecule has 1 heterocycles. The molecular weight excluding hydrogens is 144 g/mol. The Morgan fingerprint density at radius 3 is 2.91 bits per heavy atom. The van der Waals surface area contributed by atoms with Crippen molar-refractivity contribution in [3.05, 3.63) is 18.7 Å². The Bertz CT molecular complexity index is 231. The Kier molecular flexibility index (Phi) is 2.38. The van der Waals surface area contributed by atoms with E-state index in [0.717, 1.165) is 0 Å². The highest BCUT2D eigenvalue weighted by atomic mass is 16.5. The van der Waals surface area contributed by atoms with Crippen LogP contribution in [0.15, 0.2) is 18.7 Å². The van der Waals surface area contributed by atoms with E-state index in [2.05, 4.69) is 4.98 Å². The van der Waals surface area contributed by atoms with Crippen molar-refractivity contribution in [1.29, 1.82) is 0 Å². The molecule has 60 valence electrons. The molecule has 1 unspecified atom stereocenters. The third-order valence-electron chi connectivity index (χ3n) is 1.46. The number of hydrogen-bond acceptors (Lipinski definition) is 3. The Morgan fingerprint density at radius 1 is 1.73 bits per heavy atom. The molecule has 0 radical (unpaired) electrons. The van der Waals surface area contributed by atoms with Crippen LogP contribution < -0.4 is 0 Å². The molecule has 0 fully saturated rings. The van der Waals surface area contributed by atoms with Crippen molar-refractivity contribution >= 4 is 5.91 Å². The predicted molar refractivity (Wildman–Crippen MR) is 39.3 cm³/mol. The van der Waals surface area contributed by atoms with E-state index in [1.165, 1.54) is 18.0 Å². The monoisotopic (exact) mass is 154 g/mol. The van der Waals surface area contributed by atoms with E-state index in [1.54, 1.807) is 19.3 Å². The van der Waals surface area contributed by atoms with Gasteiger partial charge in [0.15, 0.2) is 0 Å². The molecule has 0 saturated heterocycles. The fourth-order valence-corrected chi connectivity index (χ4v) is 0.700. The number of methoxy groups -OCH3 is 1. The van der Waals surface area contributed by atoms with E-state index >= 15 is 0 Å². The van der Waals surface area contributed by atoms with E-state index < -0.39 is 6.10 Å². The second-order valence-electron chi connectivity index (χ2n) is 2.19. The Balaban J connectivity index is 2.70. The van der Waals surface area contributed by atoms with Crippen LogP contribution in [-0.2, 0) is 4.74 Å². The number of rotatable bonds is 2. The van der Waals surface area contributed by atoms with Crippen LogP contribution in [0.2, 0.25) is 0 Å². The molecule has 11 heavy (non-hydrogen) atoms. The highest BCUT2D eigenvalue weighted by Gasteiger charge is 2.12. The van der Waals surface area contributed by atoms with Crippen molar-refractivity contribution in [3.8, 4) is 0 Å². The summed E-state index contributed by atoms with van der Waals surface area (Å²) in [5.41, 5.74) is 0. The molecular formula is C7H10N2O2. The van der Waals surface area contributed by atoms with Crippen molar-refractivity contribution in [2.75, 3.05) is 7.11 Å². The largest absolute Gasteiger partial charge is 0.372 e. The first-order valence-corrected chi connectivity index (χ1v) is 3.30. The molecule has 1 rings (SSSR count). The summed E-state index contributed by atoms with van der Waals surface area (Å²) in [4.78, 5) is 15.0. The summed E-state index contributed by atoms with van der Waals surface area (Å²) in [7, 11) is 1.50. The average molecular weight is 154 g/mol. The first-order valence-electron chi connectivity index (χ1n) is 3.30. The van der Waals surface area contributed by atoms with Crippen molar-refractivity contribution in [2.45, 2.75) is 13.0 Å². The van der Waals surface area contributed by atoms with Crippen LogP contribution in [0.5, 0.6) is 0 Å². The van der Waals surface area contributed by atoms with Crippen LogP contribution in [0.3, 0.4) is 0 Å². The minimum Gasteiger partial charge on any atom is -0.372 e. The summed E-state index contributed by atoms with van der Waals surface area (Å²) in [5, 5.41) is 0. The van der Waals surface area contributed by atoms with E-state index in [-0.39, 0.29) is 5.91 Å². The van der Waals surface area contributed by atoms with Crippen molar-refractivity contribution in [1.82, 2.24) is 9.55 Å². The lowest BCUT2D eigenvalue weighted by atomic mass is 10.4. The van der Waals surface area contributed by atoms with Crippen molar-refractivity contribution in [2.24, 2.45) is 0 Å². The lowest BCUT2D eigenvalue weighted by Gasteiger charge is -2.06. The third-order valence-corrected chi connectivity index (χ3v) is 1.46. The van der Waals surface area contributed by atoms with Crippen LogP contribution in [0, 0.1) is 0 Å². The van der Waals surface area contributed by atoms with Crippen LogP contribution in [0.25, 0.3) is 0 Å². The molecule has 1 aromatic rings. The molecule has 0 N–H and O–H groups in total. The van der Waals surface area contributed by atoms with Gasteiger partial charge in [0, 0.05) is 19.5 Å². The minimum atomic E-state index is -0.413. The highest BCUT2D eigenvalue weighted by Crippen LogP contribution is 1.94. The molecule has 0 aliphatic heterocycles. The first kappa shape index (κ1) is 7.94. The smallest absolute Gasteiger partial charge is 0.260 e. The van der Waals surface area contributed by atoms with Crippen molar-refractivity contribution in [3.63, 3.8) is 0 Å². The summed E-state index contributed by atoms with van der Waals surface area (Å²) >= 11 is 0. The van der Waals surface area contributed by atoms with Crippen LogP contribution in [0.1, 0.15) is 11.7 Å². The zero-order valence-corrected chi connectivity index (χ0v) is 6.52. The Morgan fingerprint density at radius 2 is 2.45 bits per heavy atom. The maximum atomic E-state index is 11.2. The average Bonchev–Trinajstić information content (AvgIpc) is 2.53. The number of carbonyl (C=O) groups is 1. The fraction of sp³-hybridized carbons (Fsp3) is 0.429. The number of aromatic nitrogens is 2. The lowest BCUT2D eigenvalue weighted by molar-refractivity contribution is 0.0565. The molecule has 4 heteroatoms. The predicted octanol–water partition coefficient (Wildman–Crippen LogP) is 0.558. The molecule has 1 aromatic heterocycles. The van der Waals surface area contributed by atoms with Gasteiger partial charge >= 0.3 is 0 Å². The number of nitrogens with zero attached hydrogens (tertiary/aromatic N) is 2. The molecule has 0 aliphatic rings. The second-order valence-corrected chi connectivity index (χ2v) is 2.19. The maximum absolute atomic E-state index is 11.2. The van der Waals surface area contributed by atoms with E-state index in [4.69, 9.17) is 4.74 Å². The molecule has 0 amide bonds. The quantitative estimate of drug-likeness (QED) is 0.625. The molecule has 4 nitrogen and oxygen atoms in total. The zero-order chi connectivity index (χ0) is 8.27. The molecule has 0 saturated carbocycles. The van der Waals surface area contributed by atoms with Gasteiger partial charge in [-0.2, -0.15) is 0 Å². The Hall–Kier alpha value is -1.16. The zero-order valence-electron chi connectivity index (χ0n) is 6.52. The van der Waals surface area contributed by atoms with Crippen LogP contribution in [-0.4, -0.2) is 28.7 Å². The van der Waals surface area contributed by atoms with Gasteiger partial charge < -0.3 is 4.74 Å². The van der Waals surface area contributed by atoms with Gasteiger partial charge in [0.25, 0.3) is 5.91 Å². The number of imidazole rings is 1. The molecule has 0 aromatic carbocycles. The topological polar surface area (TPSA) is 44.1 Å². The number of carbonyl (C=O) groups excluding carboxylic acids is 1. The highest BCUT2D eigenvalue weighted by molar-refractivity contribution is 5.82. The fourth-order valence-electron chi connectivity index (χ4n) is 0.700. The van der Waals surface area contributed by atoms with Gasteiger partial charge in [-0.3, -0.25) is 9.36 Å². The molecule has 0 bridgehead atoms. The van der Waals surface area contributed by atoms with E-state index in [0.29, 0.717) is 0 Å². The van der Waals surface area contributed by atoms with Gasteiger partial charge in [0.05, 0.1) is 0 Å². The third kappa shape index (κ3) is 1.65. The van der Waals surface area contributed by atoms with E-state index in [9.17, 15) is 4.79 Å². The van der Waals surface area contributed by atoms with Gasteiger partial charge in [-0.05, 0) is 6.92 Å². The molecule has 1 atom stereocenters. The summed E-state index contributed by atoms with van der Waals surface area (Å²) in [5.74, 6) is -0.106. The van der Waals surface area contributed by atoms with E-state index in [1.807, 2.05) is 0 Å². The number of hydrogen-bond donors (Lipinski definition) is 0. The number of ether oxygens (including phenoxy) is 1. The Labute approximate surface area is 64.8 Å². The van der Waals surface area contributed by atoms with Crippen molar-refractivity contribution < 1.29 is 9.53 Å². The normalized spacial score (nSPS) is 12.9. The molecule has 0 aliphatic carbocycles. The van der Waals surface area contributed by atoms with Gasteiger partial charge in [-0.1, -0.05) is 0 Å². The van der Waals surface area contributed by atoms with Crippen LogP contribution >= 0.6 is 0 Å².